The molecular weight excluding hydrogens is 297 g/mol. The van der Waals surface area contributed by atoms with E-state index in [1.54, 1.807) is 11.3 Å². The molecule has 0 bridgehead atoms. The van der Waals surface area contributed by atoms with Gasteiger partial charge in [0.25, 0.3) is 5.91 Å². The molecule has 1 aromatic carbocycles. The Morgan fingerprint density at radius 1 is 1.15 bits per heavy atom. The summed E-state index contributed by atoms with van der Waals surface area (Å²) in [5.74, 6) is -0.712. The van der Waals surface area contributed by atoms with Crippen LogP contribution in [0.5, 0.6) is 0 Å². The SMILES string of the molecule is O=C(Nc1nnc(-c2cccs2)s1)c1ccc(F)cc1. The number of benzene rings is 1. The molecule has 3 aromatic rings. The van der Waals surface area contributed by atoms with Crippen molar-refractivity contribution in [3.8, 4) is 9.88 Å². The van der Waals surface area contributed by atoms with Crippen LogP contribution in [0.1, 0.15) is 10.4 Å². The minimum atomic E-state index is -0.377. The van der Waals surface area contributed by atoms with E-state index < -0.39 is 0 Å². The zero-order chi connectivity index (χ0) is 13.9. The lowest BCUT2D eigenvalue weighted by molar-refractivity contribution is 0.102. The van der Waals surface area contributed by atoms with E-state index in [0.29, 0.717) is 10.7 Å². The van der Waals surface area contributed by atoms with Crippen molar-refractivity contribution < 1.29 is 9.18 Å². The van der Waals surface area contributed by atoms with Crippen molar-refractivity contribution in [1.82, 2.24) is 10.2 Å². The van der Waals surface area contributed by atoms with Crippen LogP contribution in [-0.2, 0) is 0 Å². The fraction of sp³-hybridized carbons (Fsp3) is 0. The molecule has 2 aromatic heterocycles. The summed E-state index contributed by atoms with van der Waals surface area (Å²) in [4.78, 5) is 12.9. The molecule has 0 atom stereocenters. The Morgan fingerprint density at radius 2 is 1.95 bits per heavy atom. The highest BCUT2D eigenvalue weighted by atomic mass is 32.1. The van der Waals surface area contributed by atoms with Crippen molar-refractivity contribution in [1.29, 1.82) is 0 Å². The Labute approximate surface area is 121 Å². The largest absolute Gasteiger partial charge is 0.296 e. The number of thiophene rings is 1. The van der Waals surface area contributed by atoms with E-state index in [0.717, 1.165) is 9.88 Å². The summed E-state index contributed by atoms with van der Waals surface area (Å²) >= 11 is 2.86. The van der Waals surface area contributed by atoms with Gasteiger partial charge in [-0.2, -0.15) is 0 Å². The lowest BCUT2D eigenvalue weighted by Gasteiger charge is -2.00. The Bertz CT molecular complexity index is 722. The quantitative estimate of drug-likeness (QED) is 0.803. The van der Waals surface area contributed by atoms with Gasteiger partial charge in [0.1, 0.15) is 5.82 Å². The molecule has 0 aliphatic heterocycles. The van der Waals surface area contributed by atoms with E-state index in [-0.39, 0.29) is 11.7 Å². The fourth-order valence-electron chi connectivity index (χ4n) is 1.54. The number of aromatic nitrogens is 2. The molecule has 3 rings (SSSR count). The molecule has 0 radical (unpaired) electrons. The number of nitrogens with one attached hydrogen (secondary N) is 1. The predicted octanol–water partition coefficient (Wildman–Crippen LogP) is 3.66. The van der Waals surface area contributed by atoms with Crippen LogP contribution in [0.3, 0.4) is 0 Å². The third kappa shape index (κ3) is 2.73. The van der Waals surface area contributed by atoms with Crippen LogP contribution < -0.4 is 5.32 Å². The van der Waals surface area contributed by atoms with Gasteiger partial charge in [0.05, 0.1) is 4.88 Å². The van der Waals surface area contributed by atoms with Crippen LogP contribution in [0.2, 0.25) is 0 Å². The van der Waals surface area contributed by atoms with Crippen molar-refractivity contribution >= 4 is 33.7 Å². The molecule has 1 N–H and O–H groups in total. The molecular formula is C13H8FN3OS2. The number of hydrogen-bond acceptors (Lipinski definition) is 5. The van der Waals surface area contributed by atoms with Crippen LogP contribution in [0.4, 0.5) is 9.52 Å². The maximum atomic E-state index is 12.8. The third-order valence-electron chi connectivity index (χ3n) is 2.48. The summed E-state index contributed by atoms with van der Waals surface area (Å²) in [5.41, 5.74) is 0.374. The standard InChI is InChI=1S/C13H8FN3OS2/c14-9-5-3-8(4-6-9)11(18)15-13-17-16-12(20-13)10-2-1-7-19-10/h1-7H,(H,15,17,18). The second-order valence-electron chi connectivity index (χ2n) is 3.85. The first kappa shape index (κ1) is 12.9. The number of anilines is 1. The third-order valence-corrected chi connectivity index (χ3v) is 4.36. The summed E-state index contributed by atoms with van der Waals surface area (Å²) < 4.78 is 12.8. The first-order chi connectivity index (χ1) is 9.72. The summed E-state index contributed by atoms with van der Waals surface area (Å²) in [6.45, 7) is 0. The highest BCUT2D eigenvalue weighted by Gasteiger charge is 2.11. The van der Waals surface area contributed by atoms with Gasteiger partial charge in [-0.15, -0.1) is 21.5 Å². The molecule has 20 heavy (non-hydrogen) atoms. The minimum Gasteiger partial charge on any atom is -0.296 e. The van der Waals surface area contributed by atoms with Gasteiger partial charge in [-0.05, 0) is 35.7 Å². The topological polar surface area (TPSA) is 54.9 Å². The Kier molecular flexibility index (Phi) is 3.53. The minimum absolute atomic E-state index is 0.334. The highest BCUT2D eigenvalue weighted by molar-refractivity contribution is 7.23. The molecule has 2 heterocycles. The van der Waals surface area contributed by atoms with Crippen molar-refractivity contribution in [2.75, 3.05) is 5.32 Å². The van der Waals surface area contributed by atoms with Gasteiger partial charge in [-0.25, -0.2) is 4.39 Å². The second kappa shape index (κ2) is 5.48. The van der Waals surface area contributed by atoms with Crippen LogP contribution in [-0.4, -0.2) is 16.1 Å². The summed E-state index contributed by atoms with van der Waals surface area (Å²) in [6, 6.07) is 9.20. The van der Waals surface area contributed by atoms with Crippen molar-refractivity contribution in [3.63, 3.8) is 0 Å². The Hall–Kier alpha value is -2.12. The molecule has 7 heteroatoms. The van der Waals surface area contributed by atoms with Crippen molar-refractivity contribution in [3.05, 3.63) is 53.2 Å². The van der Waals surface area contributed by atoms with Crippen LogP contribution in [0, 0.1) is 5.82 Å². The van der Waals surface area contributed by atoms with E-state index in [9.17, 15) is 9.18 Å². The molecule has 100 valence electrons. The lowest BCUT2D eigenvalue weighted by Crippen LogP contribution is -2.11. The number of amides is 1. The number of carbonyl (C=O) groups is 1. The van der Waals surface area contributed by atoms with Gasteiger partial charge < -0.3 is 0 Å². The van der Waals surface area contributed by atoms with Gasteiger partial charge >= 0.3 is 0 Å². The zero-order valence-corrected chi connectivity index (χ0v) is 11.7. The molecule has 0 aliphatic rings. The molecule has 0 fully saturated rings. The molecule has 4 nitrogen and oxygen atoms in total. The molecule has 0 spiro atoms. The van der Waals surface area contributed by atoms with Crippen molar-refractivity contribution in [2.45, 2.75) is 0 Å². The maximum absolute atomic E-state index is 12.8. The number of rotatable bonds is 3. The fourth-order valence-corrected chi connectivity index (χ4v) is 3.07. The number of nitrogens with zero attached hydrogens (tertiary/aromatic N) is 2. The van der Waals surface area contributed by atoms with Crippen LogP contribution in [0.15, 0.2) is 41.8 Å². The molecule has 0 saturated carbocycles. The van der Waals surface area contributed by atoms with Crippen LogP contribution in [0.25, 0.3) is 9.88 Å². The molecule has 0 unspecified atom stereocenters. The monoisotopic (exact) mass is 305 g/mol. The van der Waals surface area contributed by atoms with Gasteiger partial charge in [0.15, 0.2) is 5.01 Å². The van der Waals surface area contributed by atoms with E-state index in [4.69, 9.17) is 0 Å². The number of carbonyl (C=O) groups excluding carboxylic acids is 1. The Balaban J connectivity index is 1.75. The second-order valence-corrected chi connectivity index (χ2v) is 5.78. The average Bonchev–Trinajstić information content (AvgIpc) is 3.09. The summed E-state index contributed by atoms with van der Waals surface area (Å²) in [5, 5.41) is 13.7. The molecule has 1 amide bonds. The first-order valence-electron chi connectivity index (χ1n) is 5.67. The summed E-state index contributed by atoms with van der Waals surface area (Å²) in [6.07, 6.45) is 0. The van der Waals surface area contributed by atoms with Gasteiger partial charge in [-0.3, -0.25) is 10.1 Å². The van der Waals surface area contributed by atoms with E-state index in [1.165, 1.54) is 35.6 Å². The summed E-state index contributed by atoms with van der Waals surface area (Å²) in [7, 11) is 0. The van der Waals surface area contributed by atoms with E-state index in [1.807, 2.05) is 17.5 Å². The zero-order valence-electron chi connectivity index (χ0n) is 10.0. The number of halogens is 1. The highest BCUT2D eigenvalue weighted by Crippen LogP contribution is 2.29. The van der Waals surface area contributed by atoms with Gasteiger partial charge in [-0.1, -0.05) is 17.4 Å². The lowest BCUT2D eigenvalue weighted by atomic mass is 10.2. The van der Waals surface area contributed by atoms with Gasteiger partial charge in [0.2, 0.25) is 5.13 Å². The average molecular weight is 305 g/mol. The Morgan fingerprint density at radius 3 is 2.65 bits per heavy atom. The first-order valence-corrected chi connectivity index (χ1v) is 7.36. The normalized spacial score (nSPS) is 10.4. The molecule has 0 saturated heterocycles. The van der Waals surface area contributed by atoms with Gasteiger partial charge in [0, 0.05) is 5.56 Å². The van der Waals surface area contributed by atoms with Crippen LogP contribution >= 0.6 is 22.7 Å². The van der Waals surface area contributed by atoms with E-state index >= 15 is 0 Å². The van der Waals surface area contributed by atoms with Crippen molar-refractivity contribution in [2.24, 2.45) is 0 Å². The van der Waals surface area contributed by atoms with E-state index in [2.05, 4.69) is 15.5 Å². The number of hydrogen-bond donors (Lipinski definition) is 1. The maximum Gasteiger partial charge on any atom is 0.257 e. The predicted molar refractivity (Wildman–Crippen MR) is 77.6 cm³/mol. The smallest absolute Gasteiger partial charge is 0.257 e. The molecule has 0 aliphatic carbocycles.